The van der Waals surface area contributed by atoms with E-state index in [9.17, 15) is 14.3 Å². The van der Waals surface area contributed by atoms with Crippen LogP contribution in [0.3, 0.4) is 0 Å². The lowest BCUT2D eigenvalue weighted by Gasteiger charge is -2.28. The van der Waals surface area contributed by atoms with Gasteiger partial charge in [0.2, 0.25) is 11.8 Å². The number of hydrogen-bond donors (Lipinski definition) is 1. The van der Waals surface area contributed by atoms with Crippen LogP contribution in [-0.4, -0.2) is 29.1 Å². The Labute approximate surface area is 160 Å². The monoisotopic (exact) mass is 380 g/mol. The van der Waals surface area contributed by atoms with Crippen molar-refractivity contribution in [2.24, 2.45) is 0 Å². The van der Waals surface area contributed by atoms with E-state index in [2.05, 4.69) is 4.98 Å². The summed E-state index contributed by atoms with van der Waals surface area (Å²) >= 11 is 0. The minimum Gasteiger partial charge on any atom is -0.505 e. The number of ether oxygens (including phenoxy) is 2. The van der Waals surface area contributed by atoms with Gasteiger partial charge in [-0.2, -0.15) is 0 Å². The van der Waals surface area contributed by atoms with Crippen molar-refractivity contribution in [2.75, 3.05) is 18.1 Å². The molecule has 0 saturated heterocycles. The standard InChI is InChI=1S/C21H17FN2O4/c1-13(25)24-9-10-27-20-11-14(5-8-18(20)24)17-3-2-4-21(23-17)28-15-6-7-16(22)19(26)12-15/h2-8,11-12,26H,9-10H2,1H3. The molecule has 1 amide bonds. The van der Waals surface area contributed by atoms with Gasteiger partial charge < -0.3 is 19.5 Å². The summed E-state index contributed by atoms with van der Waals surface area (Å²) < 4.78 is 24.5. The Bertz CT molecular complexity index is 1050. The van der Waals surface area contributed by atoms with Crippen LogP contribution < -0.4 is 14.4 Å². The predicted molar refractivity (Wildman–Crippen MR) is 101 cm³/mol. The molecule has 1 aromatic heterocycles. The average molecular weight is 380 g/mol. The molecule has 0 radical (unpaired) electrons. The van der Waals surface area contributed by atoms with E-state index >= 15 is 0 Å². The second kappa shape index (κ2) is 7.19. The number of phenols is 1. The highest BCUT2D eigenvalue weighted by Gasteiger charge is 2.21. The maximum absolute atomic E-state index is 13.2. The van der Waals surface area contributed by atoms with Crippen molar-refractivity contribution < 1.29 is 23.8 Å². The normalized spacial score (nSPS) is 12.9. The lowest BCUT2D eigenvalue weighted by Crippen LogP contribution is -2.36. The number of phenolic OH excluding ortho intramolecular Hbond substituents is 1. The smallest absolute Gasteiger partial charge is 0.224 e. The molecule has 0 unspecified atom stereocenters. The Hall–Kier alpha value is -3.61. The summed E-state index contributed by atoms with van der Waals surface area (Å²) in [5, 5.41) is 9.47. The largest absolute Gasteiger partial charge is 0.505 e. The third kappa shape index (κ3) is 3.46. The van der Waals surface area contributed by atoms with Gasteiger partial charge in [0.15, 0.2) is 11.6 Å². The summed E-state index contributed by atoms with van der Waals surface area (Å²) in [5.41, 5.74) is 2.18. The van der Waals surface area contributed by atoms with Crippen LogP contribution in [0.5, 0.6) is 23.1 Å². The Morgan fingerprint density at radius 3 is 2.86 bits per heavy atom. The van der Waals surface area contributed by atoms with Gasteiger partial charge in [0.1, 0.15) is 18.1 Å². The molecular formula is C21H17FN2O4. The second-order valence-corrected chi connectivity index (χ2v) is 6.28. The van der Waals surface area contributed by atoms with Gasteiger partial charge in [0.25, 0.3) is 0 Å². The van der Waals surface area contributed by atoms with Crippen molar-refractivity contribution in [3.05, 3.63) is 60.4 Å². The maximum atomic E-state index is 13.2. The lowest BCUT2D eigenvalue weighted by molar-refractivity contribution is -0.116. The molecule has 1 aliphatic rings. The number of carbonyl (C=O) groups excluding carboxylic acids is 1. The van der Waals surface area contributed by atoms with Crippen molar-refractivity contribution >= 4 is 11.6 Å². The van der Waals surface area contributed by atoms with Crippen LogP contribution in [0.1, 0.15) is 6.92 Å². The Kier molecular flexibility index (Phi) is 4.57. The summed E-state index contributed by atoms with van der Waals surface area (Å²) in [7, 11) is 0. The number of nitrogens with zero attached hydrogens (tertiary/aromatic N) is 2. The molecular weight excluding hydrogens is 363 g/mol. The molecule has 1 N–H and O–H groups in total. The van der Waals surface area contributed by atoms with E-state index in [1.807, 2.05) is 24.3 Å². The molecule has 7 heteroatoms. The summed E-state index contributed by atoms with van der Waals surface area (Å²) in [4.78, 5) is 17.9. The Balaban J connectivity index is 1.62. The van der Waals surface area contributed by atoms with Crippen LogP contribution in [0.2, 0.25) is 0 Å². The van der Waals surface area contributed by atoms with Crippen LogP contribution in [0.25, 0.3) is 11.3 Å². The number of rotatable bonds is 3. The van der Waals surface area contributed by atoms with Crippen LogP contribution in [0.15, 0.2) is 54.6 Å². The van der Waals surface area contributed by atoms with E-state index in [1.54, 1.807) is 17.0 Å². The third-order valence-corrected chi connectivity index (χ3v) is 4.36. The molecule has 0 aliphatic carbocycles. The SMILES string of the molecule is CC(=O)N1CCOc2cc(-c3cccc(Oc4ccc(F)c(O)c4)n3)ccc21. The quantitative estimate of drug-likeness (QED) is 0.740. The number of anilines is 1. The fourth-order valence-corrected chi connectivity index (χ4v) is 3.02. The van der Waals surface area contributed by atoms with Crippen LogP contribution in [-0.2, 0) is 4.79 Å². The molecule has 0 fully saturated rings. The number of carbonyl (C=O) groups is 1. The molecule has 0 saturated carbocycles. The highest BCUT2D eigenvalue weighted by molar-refractivity contribution is 5.94. The second-order valence-electron chi connectivity index (χ2n) is 6.28. The molecule has 6 nitrogen and oxygen atoms in total. The van der Waals surface area contributed by atoms with Crippen molar-refractivity contribution in [3.63, 3.8) is 0 Å². The first-order chi connectivity index (χ1) is 13.5. The number of pyridine rings is 1. The van der Waals surface area contributed by atoms with Gasteiger partial charge >= 0.3 is 0 Å². The first-order valence-electron chi connectivity index (χ1n) is 8.70. The topological polar surface area (TPSA) is 71.9 Å². The Morgan fingerprint density at radius 2 is 2.07 bits per heavy atom. The number of amides is 1. The summed E-state index contributed by atoms with van der Waals surface area (Å²) in [6, 6.07) is 14.5. The summed E-state index contributed by atoms with van der Waals surface area (Å²) in [6.07, 6.45) is 0. The molecule has 1 aliphatic heterocycles. The van der Waals surface area contributed by atoms with Crippen molar-refractivity contribution in [3.8, 4) is 34.4 Å². The van der Waals surface area contributed by atoms with Gasteiger partial charge in [-0.15, -0.1) is 0 Å². The first kappa shape index (κ1) is 17.8. The van der Waals surface area contributed by atoms with Gasteiger partial charge in [-0.1, -0.05) is 12.1 Å². The zero-order chi connectivity index (χ0) is 19.7. The van der Waals surface area contributed by atoms with Gasteiger partial charge in [0.05, 0.1) is 17.9 Å². The number of benzene rings is 2. The van der Waals surface area contributed by atoms with Crippen LogP contribution >= 0.6 is 0 Å². The van der Waals surface area contributed by atoms with Crippen molar-refractivity contribution in [1.82, 2.24) is 4.98 Å². The Morgan fingerprint density at radius 1 is 1.21 bits per heavy atom. The summed E-state index contributed by atoms with van der Waals surface area (Å²) in [6.45, 7) is 2.48. The van der Waals surface area contributed by atoms with E-state index in [-0.39, 0.29) is 11.7 Å². The maximum Gasteiger partial charge on any atom is 0.224 e. The lowest BCUT2D eigenvalue weighted by atomic mass is 10.1. The van der Waals surface area contributed by atoms with Crippen LogP contribution in [0.4, 0.5) is 10.1 Å². The minimum absolute atomic E-state index is 0.0339. The van der Waals surface area contributed by atoms with Gasteiger partial charge in [0, 0.05) is 24.6 Å². The van der Waals surface area contributed by atoms with E-state index in [0.717, 1.165) is 17.3 Å². The molecule has 142 valence electrons. The molecule has 0 bridgehead atoms. The molecule has 2 aromatic carbocycles. The van der Waals surface area contributed by atoms with Crippen molar-refractivity contribution in [1.29, 1.82) is 0 Å². The number of aromatic nitrogens is 1. The molecule has 28 heavy (non-hydrogen) atoms. The highest BCUT2D eigenvalue weighted by atomic mass is 19.1. The zero-order valence-corrected chi connectivity index (χ0v) is 15.1. The minimum atomic E-state index is -0.720. The number of hydrogen-bond acceptors (Lipinski definition) is 5. The van der Waals surface area contributed by atoms with Crippen LogP contribution in [0, 0.1) is 5.82 Å². The number of fused-ring (bicyclic) bond motifs is 1. The fourth-order valence-electron chi connectivity index (χ4n) is 3.02. The number of aromatic hydroxyl groups is 1. The third-order valence-electron chi connectivity index (χ3n) is 4.36. The zero-order valence-electron chi connectivity index (χ0n) is 15.1. The van der Waals surface area contributed by atoms with E-state index in [0.29, 0.717) is 30.5 Å². The summed E-state index contributed by atoms with van der Waals surface area (Å²) in [5.74, 6) is -0.0518. The van der Waals surface area contributed by atoms with E-state index in [4.69, 9.17) is 9.47 Å². The van der Waals surface area contributed by atoms with Gasteiger partial charge in [-0.3, -0.25) is 4.79 Å². The van der Waals surface area contributed by atoms with E-state index < -0.39 is 11.6 Å². The molecule has 0 spiro atoms. The van der Waals surface area contributed by atoms with Gasteiger partial charge in [-0.25, -0.2) is 9.37 Å². The van der Waals surface area contributed by atoms with E-state index in [1.165, 1.54) is 19.1 Å². The predicted octanol–water partition coefficient (Wildman–Crippen LogP) is 4.13. The molecule has 0 atom stereocenters. The molecule has 4 rings (SSSR count). The average Bonchev–Trinajstić information content (AvgIpc) is 2.70. The number of halogens is 1. The molecule has 2 heterocycles. The molecule has 3 aromatic rings. The van der Waals surface area contributed by atoms with Gasteiger partial charge in [-0.05, 0) is 30.3 Å². The van der Waals surface area contributed by atoms with Crippen molar-refractivity contribution in [2.45, 2.75) is 6.92 Å². The highest BCUT2D eigenvalue weighted by Crippen LogP contribution is 2.36. The fraction of sp³-hybridized carbons (Fsp3) is 0.143. The first-order valence-corrected chi connectivity index (χ1v) is 8.70.